The number of sulfone groups is 1. The molecule has 0 bridgehead atoms. The highest BCUT2D eigenvalue weighted by molar-refractivity contribution is 7.90. The molecule has 0 radical (unpaired) electrons. The molecule has 0 aromatic heterocycles. The van der Waals surface area contributed by atoms with Crippen molar-refractivity contribution >= 4 is 21.4 Å². The quantitative estimate of drug-likeness (QED) is 0.868. The molecule has 0 spiro atoms. The first-order valence-corrected chi connectivity index (χ1v) is 8.67. The number of aryl methyl sites for hydroxylation is 1. The van der Waals surface area contributed by atoms with Crippen LogP contribution in [0.1, 0.15) is 18.9 Å². The predicted molar refractivity (Wildman–Crippen MR) is 78.3 cm³/mol. The van der Waals surface area contributed by atoms with Crippen molar-refractivity contribution in [1.29, 1.82) is 0 Å². The summed E-state index contributed by atoms with van der Waals surface area (Å²) in [6, 6.07) is 6.18. The fourth-order valence-corrected chi connectivity index (χ4v) is 2.98. The summed E-state index contributed by atoms with van der Waals surface area (Å²) < 4.78 is 59.2. The van der Waals surface area contributed by atoms with E-state index in [4.69, 9.17) is 0 Å². The summed E-state index contributed by atoms with van der Waals surface area (Å²) >= 11 is 0. The van der Waals surface area contributed by atoms with Crippen LogP contribution in [-0.2, 0) is 21.1 Å². The summed E-state index contributed by atoms with van der Waals surface area (Å²) in [6.07, 6.45) is -4.49. The topological polar surface area (TPSA) is 63.2 Å². The van der Waals surface area contributed by atoms with Gasteiger partial charge in [-0.3, -0.25) is 4.79 Å². The number of hydrogen-bond acceptors (Lipinski definition) is 3. The van der Waals surface area contributed by atoms with Gasteiger partial charge in [0.25, 0.3) is 0 Å². The fourth-order valence-electron chi connectivity index (χ4n) is 1.92. The van der Waals surface area contributed by atoms with E-state index >= 15 is 0 Å². The normalized spacial score (nSPS) is 13.7. The lowest BCUT2D eigenvalue weighted by Gasteiger charge is -2.15. The van der Waals surface area contributed by atoms with Crippen LogP contribution in [0.25, 0.3) is 0 Å². The maximum atomic E-state index is 12.3. The van der Waals surface area contributed by atoms with Crippen LogP contribution in [0.2, 0.25) is 0 Å². The molecule has 4 nitrogen and oxygen atoms in total. The molecule has 124 valence electrons. The maximum absolute atomic E-state index is 12.3. The summed E-state index contributed by atoms with van der Waals surface area (Å²) in [5.41, 5.74) is 0.636. The second-order valence-electron chi connectivity index (χ2n) is 5.26. The molecule has 0 aliphatic rings. The van der Waals surface area contributed by atoms with Gasteiger partial charge >= 0.3 is 6.18 Å². The van der Waals surface area contributed by atoms with E-state index in [-0.39, 0.29) is 17.9 Å². The second-order valence-corrected chi connectivity index (χ2v) is 7.44. The lowest BCUT2D eigenvalue weighted by atomic mass is 10.1. The highest BCUT2D eigenvalue weighted by Crippen LogP contribution is 2.25. The zero-order valence-corrected chi connectivity index (χ0v) is 13.1. The molecule has 0 fully saturated rings. The Morgan fingerprint density at radius 3 is 2.41 bits per heavy atom. The number of halogens is 3. The molecule has 0 saturated carbocycles. The number of hydrogen-bond donors (Lipinski definition) is 1. The van der Waals surface area contributed by atoms with Crippen LogP contribution in [0.5, 0.6) is 0 Å². The average Bonchev–Trinajstić information content (AvgIpc) is 2.34. The van der Waals surface area contributed by atoms with Gasteiger partial charge in [-0.1, -0.05) is 25.1 Å². The Morgan fingerprint density at radius 2 is 1.86 bits per heavy atom. The number of amides is 1. The van der Waals surface area contributed by atoms with Crippen LogP contribution in [0.3, 0.4) is 0 Å². The van der Waals surface area contributed by atoms with E-state index in [2.05, 4.69) is 5.32 Å². The molecule has 0 heterocycles. The molecule has 1 unspecified atom stereocenters. The highest BCUT2D eigenvalue weighted by atomic mass is 32.2. The summed E-state index contributed by atoms with van der Waals surface area (Å²) in [7, 11) is -3.31. The van der Waals surface area contributed by atoms with Crippen molar-refractivity contribution in [3.63, 3.8) is 0 Å². The lowest BCUT2D eigenvalue weighted by molar-refractivity contribution is -0.133. The molecule has 1 N–H and O–H groups in total. The van der Waals surface area contributed by atoms with E-state index in [9.17, 15) is 26.4 Å². The molecule has 0 aliphatic heterocycles. The smallest absolute Gasteiger partial charge is 0.326 e. The van der Waals surface area contributed by atoms with Crippen LogP contribution < -0.4 is 5.32 Å². The van der Waals surface area contributed by atoms with Gasteiger partial charge in [-0.05, 0) is 18.1 Å². The van der Waals surface area contributed by atoms with Crippen LogP contribution in [0.15, 0.2) is 24.3 Å². The largest absolute Gasteiger partial charge is 0.389 e. The zero-order valence-electron chi connectivity index (χ0n) is 12.3. The molecule has 22 heavy (non-hydrogen) atoms. The van der Waals surface area contributed by atoms with Gasteiger partial charge in [0.2, 0.25) is 5.91 Å². The number of anilines is 1. The monoisotopic (exact) mass is 337 g/mol. The first-order chi connectivity index (χ1) is 9.98. The maximum Gasteiger partial charge on any atom is 0.389 e. The Bertz CT molecular complexity index is 626. The molecule has 0 aliphatic carbocycles. The van der Waals surface area contributed by atoms with E-state index in [1.807, 2.05) is 0 Å². The van der Waals surface area contributed by atoms with Crippen LogP contribution >= 0.6 is 0 Å². The molecule has 1 aromatic carbocycles. The number of rotatable bonds is 6. The van der Waals surface area contributed by atoms with Gasteiger partial charge in [-0.25, -0.2) is 8.42 Å². The molecular formula is C14H18F3NO3S. The Morgan fingerprint density at radius 1 is 1.27 bits per heavy atom. The van der Waals surface area contributed by atoms with Crippen molar-refractivity contribution < 1.29 is 26.4 Å². The first-order valence-electron chi connectivity index (χ1n) is 6.61. The van der Waals surface area contributed by atoms with E-state index in [1.54, 1.807) is 12.1 Å². The third kappa shape index (κ3) is 6.93. The lowest BCUT2D eigenvalue weighted by Crippen LogP contribution is -2.27. The summed E-state index contributed by atoms with van der Waals surface area (Å²) in [5, 5.41) is 2.50. The van der Waals surface area contributed by atoms with Gasteiger partial charge in [0, 0.05) is 24.3 Å². The molecule has 1 aromatic rings. The minimum absolute atomic E-state index is 0.250. The van der Waals surface area contributed by atoms with Crippen molar-refractivity contribution in [1.82, 2.24) is 0 Å². The molecule has 1 atom stereocenters. The number of carbonyl (C=O) groups excluding carboxylic acids is 1. The second kappa shape index (κ2) is 7.13. The Hall–Kier alpha value is -1.57. The third-order valence-corrected chi connectivity index (χ3v) is 4.06. The predicted octanol–water partition coefficient (Wildman–Crippen LogP) is 2.80. The van der Waals surface area contributed by atoms with Crippen LogP contribution in [-0.4, -0.2) is 32.5 Å². The minimum atomic E-state index is -4.28. The first kappa shape index (κ1) is 18.5. The van der Waals surface area contributed by atoms with Gasteiger partial charge in [0.1, 0.15) is 9.84 Å². The zero-order chi connectivity index (χ0) is 17.0. The van der Waals surface area contributed by atoms with E-state index in [0.717, 1.165) is 6.26 Å². The van der Waals surface area contributed by atoms with E-state index in [1.165, 1.54) is 19.1 Å². The Labute approximate surface area is 127 Å². The van der Waals surface area contributed by atoms with Gasteiger partial charge in [0.05, 0.1) is 5.75 Å². The number of para-hydroxylation sites is 1. The van der Waals surface area contributed by atoms with Gasteiger partial charge < -0.3 is 5.32 Å². The summed E-state index contributed by atoms with van der Waals surface area (Å²) in [4.78, 5) is 11.9. The van der Waals surface area contributed by atoms with Crippen molar-refractivity contribution in [3.8, 4) is 0 Å². The summed E-state index contributed by atoms with van der Waals surface area (Å²) in [5.74, 6) is -1.64. The van der Waals surface area contributed by atoms with E-state index < -0.39 is 34.3 Å². The summed E-state index contributed by atoms with van der Waals surface area (Å²) in [6.45, 7) is 1.45. The molecule has 1 amide bonds. The number of carbonyl (C=O) groups is 1. The van der Waals surface area contributed by atoms with Gasteiger partial charge in [-0.15, -0.1) is 0 Å². The number of alkyl halides is 3. The van der Waals surface area contributed by atoms with Crippen LogP contribution in [0.4, 0.5) is 18.9 Å². The van der Waals surface area contributed by atoms with Crippen molar-refractivity contribution in [2.45, 2.75) is 25.9 Å². The Balaban J connectivity index is 2.79. The SMILES string of the molecule is CC(CS(C)(=O)=O)C(=O)Nc1ccccc1CCC(F)(F)F. The third-order valence-electron chi connectivity index (χ3n) is 2.95. The molecule has 1 rings (SSSR count). The highest BCUT2D eigenvalue weighted by Gasteiger charge is 2.27. The minimum Gasteiger partial charge on any atom is -0.326 e. The van der Waals surface area contributed by atoms with Crippen molar-refractivity contribution in [2.24, 2.45) is 5.92 Å². The Kier molecular flexibility index (Phi) is 5.99. The van der Waals surface area contributed by atoms with Gasteiger partial charge in [0.15, 0.2) is 0 Å². The number of nitrogens with one attached hydrogen (secondary N) is 1. The van der Waals surface area contributed by atoms with Crippen molar-refractivity contribution in [3.05, 3.63) is 29.8 Å². The van der Waals surface area contributed by atoms with Gasteiger partial charge in [-0.2, -0.15) is 13.2 Å². The fraction of sp³-hybridized carbons (Fsp3) is 0.500. The standard InChI is InChI=1S/C14H18F3NO3S/c1-10(9-22(2,20)21)13(19)18-12-6-4-3-5-11(12)7-8-14(15,16)17/h3-6,10H,7-9H2,1-2H3,(H,18,19). The molecular weight excluding hydrogens is 319 g/mol. The number of benzene rings is 1. The van der Waals surface area contributed by atoms with Crippen LogP contribution in [0, 0.1) is 5.92 Å². The molecule has 8 heteroatoms. The van der Waals surface area contributed by atoms with Crippen molar-refractivity contribution in [2.75, 3.05) is 17.3 Å². The average molecular weight is 337 g/mol. The molecule has 0 saturated heterocycles. The van der Waals surface area contributed by atoms with E-state index in [0.29, 0.717) is 5.56 Å².